The van der Waals surface area contributed by atoms with Gasteiger partial charge in [0.1, 0.15) is 11.5 Å². The molecule has 1 atom stereocenters. The van der Waals surface area contributed by atoms with Crippen LogP contribution in [-0.2, 0) is 12.8 Å². The lowest BCUT2D eigenvalue weighted by Gasteiger charge is -2.19. The fourth-order valence-corrected chi connectivity index (χ4v) is 3.97. The molecule has 3 aromatic carbocycles. The summed E-state index contributed by atoms with van der Waals surface area (Å²) in [5.41, 5.74) is 4.27. The Labute approximate surface area is 159 Å². The Kier molecular flexibility index (Phi) is 4.48. The molecule has 3 aromatic rings. The summed E-state index contributed by atoms with van der Waals surface area (Å²) in [6.07, 6.45) is 2.10. The molecule has 0 fully saturated rings. The van der Waals surface area contributed by atoms with Crippen LogP contribution in [0, 0.1) is 0 Å². The van der Waals surface area contributed by atoms with E-state index in [0.29, 0.717) is 5.56 Å². The zero-order chi connectivity index (χ0) is 19.0. The van der Waals surface area contributed by atoms with E-state index in [0.717, 1.165) is 35.3 Å². The minimum absolute atomic E-state index is 0.0806. The number of nitrogens with one attached hydrogen (secondary N) is 1. The molecule has 0 radical (unpaired) electrons. The van der Waals surface area contributed by atoms with Gasteiger partial charge in [-0.25, -0.2) is 0 Å². The molecule has 1 amide bonds. The molecule has 0 spiro atoms. The number of rotatable bonds is 5. The van der Waals surface area contributed by atoms with Gasteiger partial charge in [-0.3, -0.25) is 4.79 Å². The quantitative estimate of drug-likeness (QED) is 0.730. The van der Waals surface area contributed by atoms with Crippen LogP contribution in [0.3, 0.4) is 0 Å². The monoisotopic (exact) mass is 361 g/mol. The molecule has 27 heavy (non-hydrogen) atoms. The molecule has 1 N–H and O–H groups in total. The Morgan fingerprint density at radius 2 is 1.78 bits per heavy atom. The number of carbonyl (C=O) groups excluding carboxylic acids is 1. The molecule has 0 bridgehead atoms. The second kappa shape index (κ2) is 6.95. The molecule has 0 heterocycles. The Morgan fingerprint density at radius 1 is 1.00 bits per heavy atom. The zero-order valence-electron chi connectivity index (χ0n) is 15.8. The van der Waals surface area contributed by atoms with E-state index in [1.165, 1.54) is 16.5 Å². The third-order valence-corrected chi connectivity index (χ3v) is 5.37. The predicted octanol–water partition coefficient (Wildman–Crippen LogP) is 4.45. The van der Waals surface area contributed by atoms with Gasteiger partial charge in [0.05, 0.1) is 20.3 Å². The third-order valence-electron chi connectivity index (χ3n) is 5.37. The van der Waals surface area contributed by atoms with Gasteiger partial charge in [-0.1, -0.05) is 24.3 Å². The highest BCUT2D eigenvalue weighted by Crippen LogP contribution is 2.33. The van der Waals surface area contributed by atoms with E-state index in [9.17, 15) is 4.79 Å². The minimum Gasteiger partial charge on any atom is -0.497 e. The number of hydrogen-bond acceptors (Lipinski definition) is 3. The number of ether oxygens (including phenoxy) is 2. The lowest BCUT2D eigenvalue weighted by molar-refractivity contribution is 0.0941. The van der Waals surface area contributed by atoms with Crippen LogP contribution in [0.2, 0.25) is 0 Å². The molecule has 1 aliphatic rings. The van der Waals surface area contributed by atoms with E-state index in [4.69, 9.17) is 9.47 Å². The Balaban J connectivity index is 1.67. The highest BCUT2D eigenvalue weighted by Gasteiger charge is 2.21. The third kappa shape index (κ3) is 3.01. The average Bonchev–Trinajstić information content (AvgIpc) is 3.12. The second-order valence-electron chi connectivity index (χ2n) is 6.91. The van der Waals surface area contributed by atoms with Gasteiger partial charge in [-0.2, -0.15) is 0 Å². The number of hydrogen-bond donors (Lipinski definition) is 1. The first-order chi connectivity index (χ1) is 13.1. The van der Waals surface area contributed by atoms with Crippen molar-refractivity contribution in [1.82, 2.24) is 5.32 Å². The van der Waals surface area contributed by atoms with Crippen molar-refractivity contribution in [2.75, 3.05) is 14.2 Å². The van der Waals surface area contributed by atoms with Crippen molar-refractivity contribution in [3.05, 3.63) is 70.8 Å². The second-order valence-corrected chi connectivity index (χ2v) is 6.91. The number of benzene rings is 3. The van der Waals surface area contributed by atoms with Crippen LogP contribution in [-0.4, -0.2) is 20.1 Å². The molecule has 138 valence electrons. The maximum Gasteiger partial charge on any atom is 0.252 e. The molecule has 0 aromatic heterocycles. The van der Waals surface area contributed by atoms with Crippen LogP contribution in [0.4, 0.5) is 0 Å². The van der Waals surface area contributed by atoms with Crippen molar-refractivity contribution in [3.63, 3.8) is 0 Å². The van der Waals surface area contributed by atoms with Crippen LogP contribution in [0.25, 0.3) is 10.8 Å². The molecular formula is C23H23NO3. The van der Waals surface area contributed by atoms with Crippen LogP contribution in [0.15, 0.2) is 48.5 Å². The summed E-state index contributed by atoms with van der Waals surface area (Å²) in [4.78, 5) is 13.1. The molecule has 0 saturated carbocycles. The molecule has 0 aliphatic heterocycles. The van der Waals surface area contributed by atoms with Crippen LogP contribution in [0.5, 0.6) is 11.5 Å². The van der Waals surface area contributed by atoms with Crippen LogP contribution in [0.1, 0.15) is 40.0 Å². The van der Waals surface area contributed by atoms with Crippen molar-refractivity contribution in [2.24, 2.45) is 0 Å². The first-order valence-electron chi connectivity index (χ1n) is 9.18. The molecule has 4 rings (SSSR count). The average molecular weight is 361 g/mol. The van der Waals surface area contributed by atoms with Gasteiger partial charge in [-0.05, 0) is 65.9 Å². The maximum absolute atomic E-state index is 13.1. The number of aryl methyl sites for hydroxylation is 2. The summed E-state index contributed by atoms with van der Waals surface area (Å²) < 4.78 is 10.8. The summed E-state index contributed by atoms with van der Waals surface area (Å²) in [5, 5.41) is 5.39. The largest absolute Gasteiger partial charge is 0.497 e. The van der Waals surface area contributed by atoms with Gasteiger partial charge in [0, 0.05) is 11.1 Å². The maximum atomic E-state index is 13.1. The minimum atomic E-state index is -0.217. The van der Waals surface area contributed by atoms with Gasteiger partial charge >= 0.3 is 0 Å². The summed E-state index contributed by atoms with van der Waals surface area (Å²) in [6.45, 7) is 1.95. The fourth-order valence-electron chi connectivity index (χ4n) is 3.97. The van der Waals surface area contributed by atoms with Gasteiger partial charge < -0.3 is 14.8 Å². The number of methoxy groups -OCH3 is 2. The molecule has 1 aliphatic carbocycles. The molecule has 4 nitrogen and oxygen atoms in total. The summed E-state index contributed by atoms with van der Waals surface area (Å²) in [5.74, 6) is 1.38. The molecule has 4 heteroatoms. The standard InChI is InChI=1S/C23H23NO3/c1-14(20-13-17(26-2)10-12-21(20)27-3)24-23(25)19-11-9-16-8-7-15-5-4-6-18(19)22(15)16/h4-6,9-14H,7-8H2,1-3H3,(H,24,25). The smallest absolute Gasteiger partial charge is 0.252 e. The van der Waals surface area contributed by atoms with E-state index in [2.05, 4.69) is 17.4 Å². The van der Waals surface area contributed by atoms with Gasteiger partial charge in [0.2, 0.25) is 0 Å². The van der Waals surface area contributed by atoms with Crippen molar-refractivity contribution in [1.29, 1.82) is 0 Å². The summed E-state index contributed by atoms with van der Waals surface area (Å²) in [6, 6.07) is 15.7. The normalized spacial score (nSPS) is 13.4. The molecule has 0 saturated heterocycles. The predicted molar refractivity (Wildman–Crippen MR) is 107 cm³/mol. The van der Waals surface area contributed by atoms with E-state index in [1.54, 1.807) is 14.2 Å². The highest BCUT2D eigenvalue weighted by molar-refractivity contribution is 6.09. The molecule has 1 unspecified atom stereocenters. The lowest BCUT2D eigenvalue weighted by atomic mass is 9.99. The summed E-state index contributed by atoms with van der Waals surface area (Å²) in [7, 11) is 3.25. The SMILES string of the molecule is COc1ccc(OC)c(C(C)NC(=O)c2ccc3c4c(cccc24)CC3)c1. The Bertz CT molecular complexity index is 1020. The summed E-state index contributed by atoms with van der Waals surface area (Å²) >= 11 is 0. The van der Waals surface area contributed by atoms with E-state index in [-0.39, 0.29) is 11.9 Å². The first kappa shape index (κ1) is 17.4. The van der Waals surface area contributed by atoms with Crippen molar-refractivity contribution >= 4 is 16.7 Å². The van der Waals surface area contributed by atoms with Gasteiger partial charge in [0.25, 0.3) is 5.91 Å². The fraction of sp³-hybridized carbons (Fsp3) is 0.261. The molecular weight excluding hydrogens is 338 g/mol. The van der Waals surface area contributed by atoms with Crippen molar-refractivity contribution in [2.45, 2.75) is 25.8 Å². The number of amides is 1. The van der Waals surface area contributed by atoms with E-state index >= 15 is 0 Å². The van der Waals surface area contributed by atoms with Crippen molar-refractivity contribution < 1.29 is 14.3 Å². The number of carbonyl (C=O) groups is 1. The van der Waals surface area contributed by atoms with Crippen LogP contribution >= 0.6 is 0 Å². The van der Waals surface area contributed by atoms with Gasteiger partial charge in [-0.15, -0.1) is 0 Å². The van der Waals surface area contributed by atoms with E-state index < -0.39 is 0 Å². The lowest BCUT2D eigenvalue weighted by Crippen LogP contribution is -2.27. The Hall–Kier alpha value is -3.01. The van der Waals surface area contributed by atoms with Gasteiger partial charge in [0.15, 0.2) is 0 Å². The zero-order valence-corrected chi connectivity index (χ0v) is 15.8. The van der Waals surface area contributed by atoms with Crippen molar-refractivity contribution in [3.8, 4) is 11.5 Å². The Morgan fingerprint density at radius 3 is 2.52 bits per heavy atom. The first-order valence-corrected chi connectivity index (χ1v) is 9.18. The highest BCUT2D eigenvalue weighted by atomic mass is 16.5. The topological polar surface area (TPSA) is 47.6 Å². The van der Waals surface area contributed by atoms with E-state index in [1.807, 2.05) is 43.3 Å². The van der Waals surface area contributed by atoms with Crippen LogP contribution < -0.4 is 14.8 Å².